The van der Waals surface area contributed by atoms with Crippen LogP contribution in [-0.2, 0) is 32.7 Å². The Kier molecular flexibility index (Phi) is 316. The molecule has 11 heavy (non-hydrogen) atoms. The molecule has 0 aromatic heterocycles. The summed E-state index contributed by atoms with van der Waals surface area (Å²) in [5.41, 5.74) is 0. The summed E-state index contributed by atoms with van der Waals surface area (Å²) in [4.78, 5) is 0. The van der Waals surface area contributed by atoms with E-state index in [1.165, 1.54) is 12.8 Å². The van der Waals surface area contributed by atoms with E-state index >= 15 is 0 Å². The second kappa shape index (κ2) is 118. The first-order chi connectivity index (χ1) is 4.83. The second-order valence-electron chi connectivity index (χ2n) is 1.41. The molecular formula is C10H27Y-. The van der Waals surface area contributed by atoms with Crippen LogP contribution in [0.2, 0.25) is 0 Å². The molecule has 0 N–H and O–H groups in total. The van der Waals surface area contributed by atoms with Crippen LogP contribution in [0.5, 0.6) is 0 Å². The van der Waals surface area contributed by atoms with Gasteiger partial charge in [-0.05, 0) is 0 Å². The third-order valence-corrected chi connectivity index (χ3v) is 0. The van der Waals surface area contributed by atoms with Crippen molar-refractivity contribution in [1.82, 2.24) is 0 Å². The van der Waals surface area contributed by atoms with Gasteiger partial charge < -0.3 is 6.92 Å². The van der Waals surface area contributed by atoms with Gasteiger partial charge in [0.15, 0.2) is 0 Å². The Morgan fingerprint density at radius 3 is 0.727 bits per heavy atom. The van der Waals surface area contributed by atoms with E-state index in [1.54, 1.807) is 6.92 Å². The quantitative estimate of drug-likeness (QED) is 0.535. The van der Waals surface area contributed by atoms with Gasteiger partial charge in [0.25, 0.3) is 0 Å². The fourth-order valence-corrected chi connectivity index (χ4v) is 0. The molecule has 0 aliphatic carbocycles. The zero-order valence-electron chi connectivity index (χ0n) is 9.70. The monoisotopic (exact) mass is 236 g/mol. The zero-order chi connectivity index (χ0) is 9.41. The Morgan fingerprint density at radius 2 is 0.727 bits per heavy atom. The summed E-state index contributed by atoms with van der Waals surface area (Å²) in [6.45, 7) is 17.5. The summed E-state index contributed by atoms with van der Waals surface area (Å²) in [6.07, 6.45) is 2.50. The summed E-state index contributed by atoms with van der Waals surface area (Å²) in [5.74, 6) is 0. The van der Waals surface area contributed by atoms with Crippen molar-refractivity contribution >= 4 is 0 Å². The van der Waals surface area contributed by atoms with Crippen LogP contribution in [0.4, 0.5) is 0 Å². The van der Waals surface area contributed by atoms with Crippen LogP contribution in [0.25, 0.3) is 0 Å². The molecule has 0 heterocycles. The van der Waals surface area contributed by atoms with Gasteiger partial charge in [-0.1, -0.05) is 54.4 Å². The molecule has 0 aliphatic rings. The maximum absolute atomic E-state index is 3.25. The molecule has 71 valence electrons. The molecule has 0 rings (SSSR count). The summed E-state index contributed by atoms with van der Waals surface area (Å²) in [5, 5.41) is 0. The fourth-order valence-electron chi connectivity index (χ4n) is 0. The maximum atomic E-state index is 3.25. The van der Waals surface area contributed by atoms with Gasteiger partial charge >= 0.3 is 0 Å². The first kappa shape index (κ1) is 29.6. The van der Waals surface area contributed by atoms with Crippen molar-refractivity contribution in [3.63, 3.8) is 0 Å². The van der Waals surface area contributed by atoms with Crippen molar-refractivity contribution in [2.75, 3.05) is 0 Å². The average Bonchev–Trinajstić information content (AvgIpc) is 1.99. The van der Waals surface area contributed by atoms with Crippen molar-refractivity contribution < 1.29 is 32.7 Å². The molecule has 1 radical (unpaired) electrons. The number of hydrogen-bond acceptors (Lipinski definition) is 0. The van der Waals surface area contributed by atoms with Crippen molar-refractivity contribution in [2.24, 2.45) is 0 Å². The van der Waals surface area contributed by atoms with E-state index in [4.69, 9.17) is 0 Å². The predicted molar refractivity (Wildman–Crippen MR) is 54.3 cm³/mol. The maximum Gasteiger partial charge on any atom is 0 e. The SMILES string of the molecule is CC.CCC.CCC.[CH2-]C.[Y]. The smallest absolute Gasteiger partial charge is 0 e. The Bertz CT molecular complexity index is 6.83. The molecule has 0 aromatic carbocycles. The van der Waals surface area contributed by atoms with Crippen LogP contribution in [-0.4, -0.2) is 0 Å². The number of rotatable bonds is 0. The third kappa shape index (κ3) is 755. The first-order valence-electron chi connectivity index (χ1n) is 4.54. The fraction of sp³-hybridized carbons (Fsp3) is 0.900. The average molecular weight is 236 g/mol. The van der Waals surface area contributed by atoms with E-state index in [2.05, 4.69) is 34.6 Å². The molecule has 1 heteroatoms. The summed E-state index contributed by atoms with van der Waals surface area (Å²) in [7, 11) is 0. The zero-order valence-corrected chi connectivity index (χ0v) is 12.5. The minimum Gasteiger partial charge on any atom is -0.346 e. The van der Waals surface area contributed by atoms with Crippen LogP contribution in [0.15, 0.2) is 0 Å². The van der Waals surface area contributed by atoms with E-state index in [-0.39, 0.29) is 32.7 Å². The molecule has 0 aromatic rings. The molecule has 0 aliphatic heterocycles. The van der Waals surface area contributed by atoms with E-state index in [0.29, 0.717) is 0 Å². The molecule has 0 spiro atoms. The van der Waals surface area contributed by atoms with Crippen LogP contribution >= 0.6 is 0 Å². The van der Waals surface area contributed by atoms with Gasteiger partial charge in [0.2, 0.25) is 0 Å². The topological polar surface area (TPSA) is 0 Å². The van der Waals surface area contributed by atoms with E-state index in [0.717, 1.165) is 0 Å². The van der Waals surface area contributed by atoms with Gasteiger partial charge in [0, 0.05) is 32.7 Å². The summed E-state index contributed by atoms with van der Waals surface area (Å²) >= 11 is 0. The molecule has 0 nitrogen and oxygen atoms in total. The Hall–Kier alpha value is 1.10. The second-order valence-corrected chi connectivity index (χ2v) is 1.41. The van der Waals surface area contributed by atoms with Gasteiger partial charge in [0.05, 0.1) is 0 Å². The predicted octanol–water partition coefficient (Wildman–Crippen LogP) is 4.70. The number of hydrogen-bond donors (Lipinski definition) is 0. The Labute approximate surface area is 100 Å². The molecule has 0 atom stereocenters. The molecule has 0 saturated carbocycles. The van der Waals surface area contributed by atoms with Crippen LogP contribution in [0.1, 0.15) is 61.3 Å². The molecular weight excluding hydrogens is 209 g/mol. The van der Waals surface area contributed by atoms with Crippen molar-refractivity contribution in [3.8, 4) is 0 Å². The molecule has 0 bridgehead atoms. The van der Waals surface area contributed by atoms with Gasteiger partial charge in [-0.25, -0.2) is 0 Å². The minimum atomic E-state index is 0. The standard InChI is InChI=1S/2C3H8.C2H6.C2H5.Y/c2*1-3-2;2*1-2;/h2*3H2,1-2H3;1-2H3;1H2,2H3;/q;;;-1;. The largest absolute Gasteiger partial charge is 0.346 e. The van der Waals surface area contributed by atoms with Crippen molar-refractivity contribution in [1.29, 1.82) is 0 Å². The van der Waals surface area contributed by atoms with Crippen molar-refractivity contribution in [3.05, 3.63) is 6.92 Å². The normalized spacial score (nSPS) is 4.36. The van der Waals surface area contributed by atoms with Gasteiger partial charge in [-0.15, -0.1) is 0 Å². The van der Waals surface area contributed by atoms with Crippen LogP contribution < -0.4 is 0 Å². The van der Waals surface area contributed by atoms with Crippen LogP contribution in [0.3, 0.4) is 0 Å². The Morgan fingerprint density at radius 1 is 0.727 bits per heavy atom. The summed E-state index contributed by atoms with van der Waals surface area (Å²) < 4.78 is 0. The molecule has 0 unspecified atom stereocenters. The van der Waals surface area contributed by atoms with Gasteiger partial charge in [-0.2, -0.15) is 6.92 Å². The Balaban J connectivity index is -0.0000000144. The molecule has 0 saturated heterocycles. The van der Waals surface area contributed by atoms with Gasteiger partial charge in [-0.3, -0.25) is 0 Å². The van der Waals surface area contributed by atoms with E-state index in [9.17, 15) is 0 Å². The van der Waals surface area contributed by atoms with E-state index < -0.39 is 0 Å². The molecule has 0 amide bonds. The van der Waals surface area contributed by atoms with Gasteiger partial charge in [0.1, 0.15) is 0 Å². The third-order valence-electron chi connectivity index (χ3n) is 0. The van der Waals surface area contributed by atoms with Crippen LogP contribution in [0, 0.1) is 6.92 Å². The minimum absolute atomic E-state index is 0. The summed E-state index contributed by atoms with van der Waals surface area (Å²) in [6, 6.07) is 0. The van der Waals surface area contributed by atoms with Crippen molar-refractivity contribution in [2.45, 2.75) is 61.3 Å². The molecule has 0 fully saturated rings. The van der Waals surface area contributed by atoms with E-state index in [1.807, 2.05) is 13.8 Å². The first-order valence-corrected chi connectivity index (χ1v) is 4.54.